The Labute approximate surface area is 119 Å². The molecule has 0 aromatic heterocycles. The number of carbonyl (C=O) groups excluding carboxylic acids is 1. The SMILES string of the molecule is COC1(C=O)CC=C(N2CCOCC2)c2ccccc21. The Hall–Kier alpha value is -1.65. The van der Waals surface area contributed by atoms with E-state index in [0.29, 0.717) is 6.42 Å². The molecule has 0 N–H and O–H groups in total. The Morgan fingerprint density at radius 2 is 2.05 bits per heavy atom. The number of aldehydes is 1. The first kappa shape index (κ1) is 13.3. The van der Waals surface area contributed by atoms with Crippen molar-refractivity contribution in [2.24, 2.45) is 0 Å². The van der Waals surface area contributed by atoms with Gasteiger partial charge in [-0.1, -0.05) is 30.3 Å². The summed E-state index contributed by atoms with van der Waals surface area (Å²) in [7, 11) is 1.60. The average molecular weight is 273 g/mol. The van der Waals surface area contributed by atoms with E-state index in [1.54, 1.807) is 7.11 Å². The number of carbonyl (C=O) groups is 1. The van der Waals surface area contributed by atoms with Gasteiger partial charge in [0, 0.05) is 43.4 Å². The first-order valence-electron chi connectivity index (χ1n) is 6.95. The van der Waals surface area contributed by atoms with Gasteiger partial charge in [0.15, 0.2) is 11.9 Å². The zero-order chi connectivity index (χ0) is 14.0. The van der Waals surface area contributed by atoms with Crippen LogP contribution >= 0.6 is 0 Å². The van der Waals surface area contributed by atoms with Crippen molar-refractivity contribution < 1.29 is 14.3 Å². The fourth-order valence-electron chi connectivity index (χ4n) is 3.00. The van der Waals surface area contributed by atoms with Gasteiger partial charge in [-0.25, -0.2) is 0 Å². The zero-order valence-corrected chi connectivity index (χ0v) is 11.7. The highest BCUT2D eigenvalue weighted by Gasteiger charge is 2.37. The molecule has 4 nitrogen and oxygen atoms in total. The molecule has 20 heavy (non-hydrogen) atoms. The molecule has 0 radical (unpaired) electrons. The summed E-state index contributed by atoms with van der Waals surface area (Å²) in [4.78, 5) is 13.9. The van der Waals surface area contributed by atoms with Gasteiger partial charge in [0.1, 0.15) is 0 Å². The molecule has 1 aromatic rings. The van der Waals surface area contributed by atoms with Crippen LogP contribution in [0, 0.1) is 0 Å². The van der Waals surface area contributed by atoms with Gasteiger partial charge < -0.3 is 14.4 Å². The first-order chi connectivity index (χ1) is 9.80. The average Bonchev–Trinajstić information content (AvgIpc) is 2.55. The first-order valence-corrected chi connectivity index (χ1v) is 6.95. The van der Waals surface area contributed by atoms with Gasteiger partial charge in [-0.05, 0) is 0 Å². The summed E-state index contributed by atoms with van der Waals surface area (Å²) in [6, 6.07) is 8.01. The normalized spacial score (nSPS) is 25.9. The van der Waals surface area contributed by atoms with Crippen LogP contribution in [0.1, 0.15) is 17.5 Å². The van der Waals surface area contributed by atoms with Gasteiger partial charge in [-0.3, -0.25) is 4.79 Å². The van der Waals surface area contributed by atoms with Crippen molar-refractivity contribution in [3.8, 4) is 0 Å². The number of fused-ring (bicyclic) bond motifs is 1. The molecule has 1 aliphatic carbocycles. The van der Waals surface area contributed by atoms with Crippen LogP contribution in [0.5, 0.6) is 0 Å². The molecule has 1 fully saturated rings. The summed E-state index contributed by atoms with van der Waals surface area (Å²) >= 11 is 0. The quantitative estimate of drug-likeness (QED) is 0.787. The van der Waals surface area contributed by atoms with Crippen LogP contribution in [-0.2, 0) is 19.9 Å². The van der Waals surface area contributed by atoms with Crippen LogP contribution in [0.15, 0.2) is 30.3 Å². The summed E-state index contributed by atoms with van der Waals surface area (Å²) in [5.74, 6) is 0. The number of rotatable bonds is 3. The molecule has 1 aliphatic heterocycles. The summed E-state index contributed by atoms with van der Waals surface area (Å²) in [6.45, 7) is 3.29. The number of morpholine rings is 1. The number of benzene rings is 1. The lowest BCUT2D eigenvalue weighted by molar-refractivity contribution is -0.128. The molecular weight excluding hydrogens is 254 g/mol. The maximum atomic E-state index is 11.6. The van der Waals surface area contributed by atoms with Crippen LogP contribution in [0.25, 0.3) is 5.70 Å². The van der Waals surface area contributed by atoms with E-state index in [9.17, 15) is 4.79 Å². The predicted molar refractivity (Wildman–Crippen MR) is 76.2 cm³/mol. The molecule has 2 aliphatic rings. The lowest BCUT2D eigenvalue weighted by Crippen LogP contribution is -2.39. The standard InChI is InChI=1S/C16H19NO3/c1-19-16(12-18)7-6-15(17-8-10-20-11-9-17)13-4-2-3-5-14(13)16/h2-6,12H,7-11H2,1H3. The number of ether oxygens (including phenoxy) is 2. The largest absolute Gasteiger partial charge is 0.378 e. The van der Waals surface area contributed by atoms with E-state index in [-0.39, 0.29) is 0 Å². The highest BCUT2D eigenvalue weighted by Crippen LogP contribution is 2.39. The molecular formula is C16H19NO3. The summed E-state index contributed by atoms with van der Waals surface area (Å²) in [5, 5.41) is 0. The second-order valence-corrected chi connectivity index (χ2v) is 5.15. The molecule has 1 aromatic carbocycles. The molecule has 0 saturated carbocycles. The second kappa shape index (κ2) is 5.38. The van der Waals surface area contributed by atoms with E-state index in [1.807, 2.05) is 18.2 Å². The van der Waals surface area contributed by atoms with Crippen molar-refractivity contribution in [2.75, 3.05) is 33.4 Å². The molecule has 4 heteroatoms. The molecule has 1 saturated heterocycles. The van der Waals surface area contributed by atoms with E-state index in [2.05, 4.69) is 17.0 Å². The maximum absolute atomic E-state index is 11.6. The summed E-state index contributed by atoms with van der Waals surface area (Å²) in [6.07, 6.45) is 3.61. The monoisotopic (exact) mass is 273 g/mol. The number of nitrogens with zero attached hydrogens (tertiary/aromatic N) is 1. The zero-order valence-electron chi connectivity index (χ0n) is 11.7. The predicted octanol–water partition coefficient (Wildman–Crippen LogP) is 1.80. The van der Waals surface area contributed by atoms with Crippen molar-refractivity contribution in [3.63, 3.8) is 0 Å². The molecule has 1 unspecified atom stereocenters. The van der Waals surface area contributed by atoms with Crippen molar-refractivity contribution >= 4 is 12.0 Å². The van der Waals surface area contributed by atoms with Gasteiger partial charge in [0.05, 0.1) is 13.2 Å². The highest BCUT2D eigenvalue weighted by molar-refractivity contribution is 5.78. The van der Waals surface area contributed by atoms with Crippen molar-refractivity contribution in [1.29, 1.82) is 0 Å². The number of hydrogen-bond donors (Lipinski definition) is 0. The van der Waals surface area contributed by atoms with E-state index < -0.39 is 5.60 Å². The topological polar surface area (TPSA) is 38.8 Å². The van der Waals surface area contributed by atoms with Crippen molar-refractivity contribution in [1.82, 2.24) is 4.90 Å². The van der Waals surface area contributed by atoms with Crippen LogP contribution in [0.3, 0.4) is 0 Å². The van der Waals surface area contributed by atoms with Crippen molar-refractivity contribution in [2.45, 2.75) is 12.0 Å². The molecule has 0 bridgehead atoms. The van der Waals surface area contributed by atoms with Crippen molar-refractivity contribution in [3.05, 3.63) is 41.5 Å². The molecule has 3 rings (SSSR count). The minimum absolute atomic E-state index is 0.580. The maximum Gasteiger partial charge on any atom is 0.156 e. The number of methoxy groups -OCH3 is 1. The third-order valence-electron chi connectivity index (χ3n) is 4.16. The Balaban J connectivity index is 2.03. The minimum Gasteiger partial charge on any atom is -0.378 e. The van der Waals surface area contributed by atoms with Gasteiger partial charge >= 0.3 is 0 Å². The third kappa shape index (κ3) is 2.05. The molecule has 1 atom stereocenters. The van der Waals surface area contributed by atoms with Crippen LogP contribution in [0.4, 0.5) is 0 Å². The van der Waals surface area contributed by atoms with Gasteiger partial charge in [-0.2, -0.15) is 0 Å². The van der Waals surface area contributed by atoms with E-state index in [0.717, 1.165) is 43.7 Å². The van der Waals surface area contributed by atoms with E-state index in [1.165, 1.54) is 5.70 Å². The molecule has 0 spiro atoms. The van der Waals surface area contributed by atoms with E-state index in [4.69, 9.17) is 9.47 Å². The summed E-state index contributed by atoms with van der Waals surface area (Å²) in [5.41, 5.74) is 2.40. The second-order valence-electron chi connectivity index (χ2n) is 5.15. The Morgan fingerprint density at radius 1 is 1.30 bits per heavy atom. The number of hydrogen-bond acceptors (Lipinski definition) is 4. The smallest absolute Gasteiger partial charge is 0.156 e. The molecule has 0 amide bonds. The van der Waals surface area contributed by atoms with Gasteiger partial charge in [-0.15, -0.1) is 0 Å². The van der Waals surface area contributed by atoms with Crippen LogP contribution < -0.4 is 0 Å². The van der Waals surface area contributed by atoms with E-state index >= 15 is 0 Å². The third-order valence-corrected chi connectivity index (χ3v) is 4.16. The highest BCUT2D eigenvalue weighted by atomic mass is 16.5. The fraction of sp³-hybridized carbons (Fsp3) is 0.438. The molecule has 106 valence electrons. The van der Waals surface area contributed by atoms with Gasteiger partial charge in [0.2, 0.25) is 0 Å². The molecule has 1 heterocycles. The summed E-state index contributed by atoms with van der Waals surface area (Å²) < 4.78 is 10.9. The Kier molecular flexibility index (Phi) is 3.59. The van der Waals surface area contributed by atoms with Gasteiger partial charge in [0.25, 0.3) is 0 Å². The Morgan fingerprint density at radius 3 is 2.75 bits per heavy atom. The lowest BCUT2D eigenvalue weighted by atomic mass is 9.82. The Bertz CT molecular complexity index is 534. The van der Waals surface area contributed by atoms with Crippen LogP contribution in [-0.4, -0.2) is 44.6 Å². The fourth-order valence-corrected chi connectivity index (χ4v) is 3.00. The lowest BCUT2D eigenvalue weighted by Gasteiger charge is -2.38. The minimum atomic E-state index is -0.841. The van der Waals surface area contributed by atoms with Crippen LogP contribution in [0.2, 0.25) is 0 Å².